The van der Waals surface area contributed by atoms with E-state index >= 15 is 0 Å². The number of para-hydroxylation sites is 1. The lowest BCUT2D eigenvalue weighted by Gasteiger charge is -2.21. The summed E-state index contributed by atoms with van der Waals surface area (Å²) < 4.78 is 0. The molecule has 22 heavy (non-hydrogen) atoms. The van der Waals surface area contributed by atoms with Gasteiger partial charge in [-0.15, -0.1) is 0 Å². The summed E-state index contributed by atoms with van der Waals surface area (Å²) >= 11 is 0. The minimum absolute atomic E-state index is 0.00682. The number of carbonyl (C=O) groups excluding carboxylic acids is 2. The second-order valence-corrected chi connectivity index (χ2v) is 5.31. The molecule has 0 saturated heterocycles. The van der Waals surface area contributed by atoms with Crippen LogP contribution in [0.1, 0.15) is 18.1 Å². The van der Waals surface area contributed by atoms with E-state index in [1.807, 2.05) is 62.4 Å². The van der Waals surface area contributed by atoms with E-state index in [1.165, 1.54) is 11.8 Å². The van der Waals surface area contributed by atoms with E-state index in [9.17, 15) is 9.59 Å². The molecule has 1 N–H and O–H groups in total. The van der Waals surface area contributed by atoms with Crippen molar-refractivity contribution in [1.29, 1.82) is 0 Å². The number of anilines is 2. The number of benzene rings is 2. The van der Waals surface area contributed by atoms with Crippen molar-refractivity contribution < 1.29 is 9.59 Å². The predicted octanol–water partition coefficient (Wildman–Crippen LogP) is 3.30. The maximum atomic E-state index is 12.2. The van der Waals surface area contributed by atoms with Crippen LogP contribution in [0.3, 0.4) is 0 Å². The van der Waals surface area contributed by atoms with Gasteiger partial charge in [0.1, 0.15) is 6.54 Å². The molecule has 0 saturated carbocycles. The highest BCUT2D eigenvalue weighted by atomic mass is 16.2. The molecule has 0 aliphatic heterocycles. The molecule has 0 fully saturated rings. The van der Waals surface area contributed by atoms with Gasteiger partial charge >= 0.3 is 0 Å². The van der Waals surface area contributed by atoms with Crippen molar-refractivity contribution in [2.45, 2.75) is 20.8 Å². The van der Waals surface area contributed by atoms with Gasteiger partial charge in [-0.3, -0.25) is 9.59 Å². The Bertz CT molecular complexity index is 695. The Labute approximate surface area is 130 Å². The third-order valence-electron chi connectivity index (χ3n) is 3.41. The van der Waals surface area contributed by atoms with E-state index in [0.29, 0.717) is 0 Å². The third kappa shape index (κ3) is 3.95. The number of nitrogens with zero attached hydrogens (tertiary/aromatic N) is 1. The van der Waals surface area contributed by atoms with E-state index in [-0.39, 0.29) is 18.4 Å². The van der Waals surface area contributed by atoms with Crippen molar-refractivity contribution in [3.05, 3.63) is 59.7 Å². The van der Waals surface area contributed by atoms with Gasteiger partial charge in [-0.2, -0.15) is 0 Å². The molecule has 0 atom stereocenters. The molecule has 0 aliphatic carbocycles. The molecule has 4 nitrogen and oxygen atoms in total. The standard InChI is InChI=1S/C18H20N2O2/c1-13-7-6-9-16(11-13)20(15(3)21)12-18(22)19-17-10-5-4-8-14(17)2/h4-11H,12H2,1-3H3,(H,19,22). The molecule has 2 aromatic carbocycles. The highest BCUT2D eigenvalue weighted by Crippen LogP contribution is 2.17. The van der Waals surface area contributed by atoms with Crippen LogP contribution in [0.15, 0.2) is 48.5 Å². The van der Waals surface area contributed by atoms with Crippen LogP contribution in [0.25, 0.3) is 0 Å². The first-order valence-corrected chi connectivity index (χ1v) is 7.17. The first kappa shape index (κ1) is 15.8. The summed E-state index contributed by atoms with van der Waals surface area (Å²) in [4.78, 5) is 25.6. The van der Waals surface area contributed by atoms with Crippen LogP contribution in [0.2, 0.25) is 0 Å². The highest BCUT2D eigenvalue weighted by molar-refractivity contribution is 6.02. The molecule has 0 radical (unpaired) electrons. The molecule has 0 unspecified atom stereocenters. The Kier molecular flexibility index (Phi) is 4.94. The van der Waals surface area contributed by atoms with Crippen LogP contribution in [0.5, 0.6) is 0 Å². The second kappa shape index (κ2) is 6.89. The lowest BCUT2D eigenvalue weighted by atomic mass is 10.2. The average Bonchev–Trinajstić information content (AvgIpc) is 2.47. The monoisotopic (exact) mass is 296 g/mol. The van der Waals surface area contributed by atoms with E-state index in [0.717, 1.165) is 22.5 Å². The molecule has 4 heteroatoms. The Morgan fingerprint density at radius 1 is 1.05 bits per heavy atom. The topological polar surface area (TPSA) is 49.4 Å². The fraction of sp³-hybridized carbons (Fsp3) is 0.222. The fourth-order valence-electron chi connectivity index (χ4n) is 2.23. The van der Waals surface area contributed by atoms with Gasteiger partial charge in [0.15, 0.2) is 0 Å². The number of hydrogen-bond donors (Lipinski definition) is 1. The number of carbonyl (C=O) groups is 2. The number of nitrogens with one attached hydrogen (secondary N) is 1. The predicted molar refractivity (Wildman–Crippen MR) is 89.0 cm³/mol. The Balaban J connectivity index is 2.13. The maximum absolute atomic E-state index is 12.2. The number of amides is 2. The zero-order valence-electron chi connectivity index (χ0n) is 13.1. The largest absolute Gasteiger partial charge is 0.324 e. The van der Waals surface area contributed by atoms with Crippen LogP contribution in [0.4, 0.5) is 11.4 Å². The van der Waals surface area contributed by atoms with E-state index in [2.05, 4.69) is 5.32 Å². The highest BCUT2D eigenvalue weighted by Gasteiger charge is 2.16. The van der Waals surface area contributed by atoms with Crippen LogP contribution in [0, 0.1) is 13.8 Å². The lowest BCUT2D eigenvalue weighted by Crippen LogP contribution is -2.36. The van der Waals surface area contributed by atoms with Crippen LogP contribution in [-0.2, 0) is 9.59 Å². The van der Waals surface area contributed by atoms with Gasteiger partial charge in [0.2, 0.25) is 11.8 Å². The van der Waals surface area contributed by atoms with E-state index in [4.69, 9.17) is 0 Å². The van der Waals surface area contributed by atoms with Gasteiger partial charge in [0.05, 0.1) is 0 Å². The molecular formula is C18H20N2O2. The van der Waals surface area contributed by atoms with Crippen molar-refractivity contribution in [2.24, 2.45) is 0 Å². The van der Waals surface area contributed by atoms with Crippen molar-refractivity contribution in [2.75, 3.05) is 16.8 Å². The minimum Gasteiger partial charge on any atom is -0.324 e. The third-order valence-corrected chi connectivity index (χ3v) is 3.41. The minimum atomic E-state index is -0.217. The SMILES string of the molecule is CC(=O)N(CC(=O)Nc1ccccc1C)c1cccc(C)c1. The van der Waals surface area contributed by atoms with Gasteiger partial charge < -0.3 is 10.2 Å². The summed E-state index contributed by atoms with van der Waals surface area (Å²) in [5, 5.41) is 2.85. The van der Waals surface area contributed by atoms with Gasteiger partial charge in [-0.1, -0.05) is 30.3 Å². The average molecular weight is 296 g/mol. The van der Waals surface area contributed by atoms with E-state index in [1.54, 1.807) is 0 Å². The first-order chi connectivity index (χ1) is 10.5. The zero-order valence-corrected chi connectivity index (χ0v) is 13.1. The molecule has 2 aromatic rings. The Morgan fingerprint density at radius 2 is 1.77 bits per heavy atom. The molecule has 0 spiro atoms. The molecule has 0 heterocycles. The van der Waals surface area contributed by atoms with Crippen molar-refractivity contribution in [3.63, 3.8) is 0 Å². The smallest absolute Gasteiger partial charge is 0.244 e. The van der Waals surface area contributed by atoms with Gasteiger partial charge in [-0.25, -0.2) is 0 Å². The normalized spacial score (nSPS) is 10.1. The van der Waals surface area contributed by atoms with Crippen molar-refractivity contribution in [3.8, 4) is 0 Å². The van der Waals surface area contributed by atoms with Crippen LogP contribution < -0.4 is 10.2 Å². The first-order valence-electron chi connectivity index (χ1n) is 7.17. The maximum Gasteiger partial charge on any atom is 0.244 e. The molecule has 2 amide bonds. The summed E-state index contributed by atoms with van der Waals surface area (Å²) in [7, 11) is 0. The lowest BCUT2D eigenvalue weighted by molar-refractivity contribution is -0.120. The summed E-state index contributed by atoms with van der Waals surface area (Å²) in [5.41, 5.74) is 3.52. The Hall–Kier alpha value is -2.62. The van der Waals surface area contributed by atoms with Gasteiger partial charge in [0.25, 0.3) is 0 Å². The zero-order chi connectivity index (χ0) is 16.1. The van der Waals surface area contributed by atoms with Crippen molar-refractivity contribution in [1.82, 2.24) is 0 Å². The molecule has 114 valence electrons. The van der Waals surface area contributed by atoms with Gasteiger partial charge in [-0.05, 0) is 43.2 Å². The van der Waals surface area contributed by atoms with Gasteiger partial charge in [0, 0.05) is 18.3 Å². The molecule has 0 aromatic heterocycles. The number of aryl methyl sites for hydroxylation is 2. The number of rotatable bonds is 4. The summed E-state index contributed by atoms with van der Waals surface area (Å²) in [5.74, 6) is -0.378. The number of hydrogen-bond acceptors (Lipinski definition) is 2. The molecule has 0 aliphatic rings. The fourth-order valence-corrected chi connectivity index (χ4v) is 2.23. The molecule has 0 bridgehead atoms. The summed E-state index contributed by atoms with van der Waals surface area (Å²) in [6.45, 7) is 5.34. The Morgan fingerprint density at radius 3 is 2.41 bits per heavy atom. The van der Waals surface area contributed by atoms with Crippen LogP contribution >= 0.6 is 0 Å². The summed E-state index contributed by atoms with van der Waals surface area (Å²) in [6, 6.07) is 15.1. The molecule has 2 rings (SSSR count). The van der Waals surface area contributed by atoms with Crippen molar-refractivity contribution >= 4 is 23.2 Å². The second-order valence-electron chi connectivity index (χ2n) is 5.31. The molecular weight excluding hydrogens is 276 g/mol. The summed E-state index contributed by atoms with van der Waals surface area (Å²) in [6.07, 6.45) is 0. The van der Waals surface area contributed by atoms with E-state index < -0.39 is 0 Å². The van der Waals surface area contributed by atoms with Crippen LogP contribution in [-0.4, -0.2) is 18.4 Å². The quantitative estimate of drug-likeness (QED) is 0.941.